The van der Waals surface area contributed by atoms with Crippen LogP contribution in [0.5, 0.6) is 5.75 Å². The lowest BCUT2D eigenvalue weighted by molar-refractivity contribution is -0.180. The Morgan fingerprint density at radius 1 is 0.675 bits per heavy atom. The zero-order valence-electron chi connectivity index (χ0n) is 45.6. The molecular formula is C51H77F4N5O18S2. The average molecular weight is 1190 g/mol. The van der Waals surface area contributed by atoms with Crippen molar-refractivity contribution in [1.29, 1.82) is 0 Å². The van der Waals surface area contributed by atoms with Crippen LogP contribution in [0.1, 0.15) is 55.7 Å². The number of amidine groups is 1. The number of carbonyl (C=O) groups is 3. The maximum atomic E-state index is 14.0. The van der Waals surface area contributed by atoms with E-state index in [1.807, 2.05) is 24.8 Å². The van der Waals surface area contributed by atoms with Gasteiger partial charge in [0.15, 0.2) is 16.5 Å². The molecule has 2 aliphatic heterocycles. The number of aliphatic imine (C=N–C) groups is 1. The van der Waals surface area contributed by atoms with Crippen molar-refractivity contribution in [1.82, 2.24) is 14.9 Å². The Bertz CT molecular complexity index is 2310. The molecule has 0 bridgehead atoms. The van der Waals surface area contributed by atoms with Gasteiger partial charge in [0.2, 0.25) is 23.3 Å². The first-order valence-corrected chi connectivity index (χ1v) is 28.8. The maximum Gasteiger partial charge on any atom is 0.313 e. The Balaban J connectivity index is 0.834. The number of halogens is 4. The van der Waals surface area contributed by atoms with Gasteiger partial charge in [0, 0.05) is 49.6 Å². The molecule has 29 heteroatoms. The van der Waals surface area contributed by atoms with Crippen LogP contribution in [0.15, 0.2) is 21.5 Å². The third-order valence-electron chi connectivity index (χ3n) is 11.5. The van der Waals surface area contributed by atoms with Crippen LogP contribution in [-0.2, 0) is 83.1 Å². The van der Waals surface area contributed by atoms with Crippen molar-refractivity contribution in [2.45, 2.75) is 57.3 Å². The quantitative estimate of drug-likeness (QED) is 0.0180. The Kier molecular flexibility index (Phi) is 33.4. The van der Waals surface area contributed by atoms with Crippen LogP contribution in [0, 0.1) is 23.3 Å². The summed E-state index contributed by atoms with van der Waals surface area (Å²) in [4.78, 5) is 52.2. The first-order valence-electron chi connectivity index (χ1n) is 26.6. The van der Waals surface area contributed by atoms with Gasteiger partial charge in [-0.2, -0.15) is 17.2 Å². The van der Waals surface area contributed by atoms with Gasteiger partial charge in [0.25, 0.3) is 5.91 Å². The Morgan fingerprint density at radius 2 is 1.12 bits per heavy atom. The van der Waals surface area contributed by atoms with Crippen LogP contribution in [0.3, 0.4) is 0 Å². The Hall–Kier alpha value is -4.31. The molecule has 0 unspecified atom stereocenters. The minimum atomic E-state index is -5.65. The van der Waals surface area contributed by atoms with E-state index in [4.69, 9.17) is 62.5 Å². The van der Waals surface area contributed by atoms with Crippen LogP contribution in [-0.4, -0.2) is 229 Å². The van der Waals surface area contributed by atoms with Gasteiger partial charge >= 0.3 is 16.1 Å². The van der Waals surface area contributed by atoms with E-state index in [1.165, 1.54) is 9.94 Å². The molecule has 4 rings (SSSR count). The van der Waals surface area contributed by atoms with Crippen molar-refractivity contribution in [3.63, 3.8) is 0 Å². The molecule has 1 saturated heterocycles. The number of hydrogen-bond donors (Lipinski definition) is 2. The summed E-state index contributed by atoms with van der Waals surface area (Å²) in [5.74, 6) is -12.3. The minimum Gasteiger partial charge on any atom is -0.420 e. The molecule has 3 heterocycles. The van der Waals surface area contributed by atoms with Gasteiger partial charge in [0.1, 0.15) is 5.84 Å². The predicted molar refractivity (Wildman–Crippen MR) is 282 cm³/mol. The number of ether oxygens (including phenoxy) is 11. The smallest absolute Gasteiger partial charge is 0.313 e. The third-order valence-corrected chi connectivity index (χ3v) is 13.5. The van der Waals surface area contributed by atoms with Crippen molar-refractivity contribution in [2.24, 2.45) is 10.7 Å². The number of fused-ring (bicyclic) bond motifs is 1. The summed E-state index contributed by atoms with van der Waals surface area (Å²) in [6, 6.07) is 2.07. The fourth-order valence-corrected chi connectivity index (χ4v) is 9.31. The molecule has 23 nitrogen and oxygen atoms in total. The molecule has 2 amide bonds. The lowest BCUT2D eigenvalue weighted by Gasteiger charge is -2.34. The normalized spacial score (nSPS) is 14.0. The predicted octanol–water partition coefficient (Wildman–Crippen LogP) is 4.15. The van der Waals surface area contributed by atoms with Crippen molar-refractivity contribution in [3.8, 4) is 5.75 Å². The summed E-state index contributed by atoms with van der Waals surface area (Å²) in [6.45, 7) is 14.9. The average Bonchev–Trinajstić information content (AvgIpc) is 3.75. The molecule has 1 aromatic heterocycles. The van der Waals surface area contributed by atoms with Crippen molar-refractivity contribution >= 4 is 56.8 Å². The van der Waals surface area contributed by atoms with E-state index in [2.05, 4.69) is 20.7 Å². The minimum absolute atomic E-state index is 0.0200. The van der Waals surface area contributed by atoms with Gasteiger partial charge in [-0.05, 0) is 44.9 Å². The first kappa shape index (κ1) is 68.2. The van der Waals surface area contributed by atoms with Crippen molar-refractivity contribution in [3.05, 3.63) is 44.7 Å². The number of thiophene rings is 1. The van der Waals surface area contributed by atoms with Crippen LogP contribution < -0.4 is 10.5 Å². The second-order valence-electron chi connectivity index (χ2n) is 17.5. The van der Waals surface area contributed by atoms with Crippen LogP contribution in [0.25, 0.3) is 6.08 Å². The molecule has 1 fully saturated rings. The number of benzene rings is 1. The molecule has 2 aromatic rings. The summed E-state index contributed by atoms with van der Waals surface area (Å²) in [6.07, 6.45) is 4.58. The largest absolute Gasteiger partial charge is 0.420 e. The number of carbonyl (C=O) groups excluding carboxylic acids is 3. The zero-order valence-corrected chi connectivity index (χ0v) is 47.2. The highest BCUT2D eigenvalue weighted by Crippen LogP contribution is 2.36. The molecule has 0 aliphatic carbocycles. The molecule has 80 heavy (non-hydrogen) atoms. The molecule has 1 aromatic carbocycles. The van der Waals surface area contributed by atoms with E-state index in [9.17, 15) is 40.4 Å². The third kappa shape index (κ3) is 25.9. The molecule has 0 atom stereocenters. The number of esters is 1. The van der Waals surface area contributed by atoms with E-state index in [-0.39, 0.29) is 51.3 Å². The number of amides is 2. The molecule has 3 N–H and O–H groups in total. The highest BCUT2D eigenvalue weighted by molar-refractivity contribution is 7.85. The Labute approximate surface area is 468 Å². The van der Waals surface area contributed by atoms with Gasteiger partial charge in [-0.1, -0.05) is 6.92 Å². The second-order valence-corrected chi connectivity index (χ2v) is 20.1. The molecule has 454 valence electrons. The highest BCUT2D eigenvalue weighted by Gasteiger charge is 2.34. The van der Waals surface area contributed by atoms with Gasteiger partial charge in [-0.15, -0.1) is 11.3 Å². The number of nitrogens with zero attached hydrogens (tertiary/aromatic N) is 4. The second kappa shape index (κ2) is 39.2. The Morgan fingerprint density at radius 3 is 1.56 bits per heavy atom. The number of hydrogen-bond acceptors (Lipinski definition) is 21. The molecule has 0 radical (unpaired) electrons. The SMILES string of the molecule is CCCN(OCC)C(=O)C1=Cc2sc(CCCN3CCN(C(=O)CCOCCOCCOCCOCCOCCOCCOCCOCCOCCOCCC(=O)Oc4c(F)c(F)c(S(=O)(=O)O)c(F)c4F)CC3)cc2N=C(N)C1. The summed E-state index contributed by atoms with van der Waals surface area (Å²) in [7, 11) is -5.65. The van der Waals surface area contributed by atoms with Gasteiger partial charge in [0.05, 0.1) is 162 Å². The van der Waals surface area contributed by atoms with Gasteiger partial charge in [-0.25, -0.2) is 18.8 Å². The number of nitrogens with two attached hydrogens (primary N) is 1. The van der Waals surface area contributed by atoms with Crippen molar-refractivity contribution in [2.75, 3.05) is 178 Å². The molecule has 2 aliphatic rings. The summed E-state index contributed by atoms with van der Waals surface area (Å²) in [5, 5.41) is 1.42. The van der Waals surface area contributed by atoms with Gasteiger partial charge in [-0.3, -0.25) is 28.7 Å². The topological polar surface area (TPSA) is 264 Å². The lowest BCUT2D eigenvalue weighted by Crippen LogP contribution is -2.49. The number of piperazine rings is 1. The van der Waals surface area contributed by atoms with Gasteiger partial charge < -0.3 is 62.7 Å². The summed E-state index contributed by atoms with van der Waals surface area (Å²) >= 11 is 1.64. The van der Waals surface area contributed by atoms with Crippen LogP contribution in [0.2, 0.25) is 0 Å². The van der Waals surface area contributed by atoms with E-state index in [0.29, 0.717) is 143 Å². The number of aryl methyl sites for hydroxylation is 1. The maximum absolute atomic E-state index is 14.0. The van der Waals surface area contributed by atoms with Crippen LogP contribution in [0.4, 0.5) is 23.2 Å². The fraction of sp³-hybridized carbons (Fsp3) is 0.686. The van der Waals surface area contributed by atoms with Crippen LogP contribution >= 0.6 is 11.3 Å². The molecule has 0 spiro atoms. The van der Waals surface area contributed by atoms with E-state index >= 15 is 0 Å². The first-order chi connectivity index (χ1) is 38.6. The highest BCUT2D eigenvalue weighted by atomic mass is 32.2. The van der Waals surface area contributed by atoms with E-state index in [1.54, 1.807) is 11.3 Å². The van der Waals surface area contributed by atoms with Crippen molar-refractivity contribution < 1.29 is 102 Å². The molecule has 0 saturated carbocycles. The lowest BCUT2D eigenvalue weighted by atomic mass is 10.1. The standard InChI is InChI=1S/C51H77F4N5O18S2/c1-3-9-60(77-4-2)51(63)38-35-41-40(57-42(56)36-38)37-39(79-41)6-5-10-58-11-13-59(14-12-58)43(61)7-15-67-17-19-69-21-23-71-25-27-73-29-31-75-33-34-76-32-30-74-28-26-72-24-22-70-20-18-68-16-8-44(62)78-49-45(52)47(54)50(80(64,65)66)48(55)46(49)53/h35,37H,3-34,36H2,1-2H3,(H2,56,57)(H,64,65,66). The fourth-order valence-electron chi connectivity index (χ4n) is 7.56. The number of hydroxylamine groups is 2. The van der Waals surface area contributed by atoms with E-state index < -0.39 is 56.4 Å². The van der Waals surface area contributed by atoms with E-state index in [0.717, 1.165) is 49.5 Å². The monoisotopic (exact) mass is 1190 g/mol. The molecular weight excluding hydrogens is 1110 g/mol. The number of rotatable bonds is 44. The summed E-state index contributed by atoms with van der Waals surface area (Å²) < 4.78 is 145. The summed E-state index contributed by atoms with van der Waals surface area (Å²) in [5.41, 5.74) is 7.59. The zero-order chi connectivity index (χ0) is 58.0.